The number of sulfone groups is 1. The predicted molar refractivity (Wildman–Crippen MR) is 70.4 cm³/mol. The van der Waals surface area contributed by atoms with E-state index in [1.54, 1.807) is 13.8 Å². The maximum absolute atomic E-state index is 11.7. The molecule has 6 nitrogen and oxygen atoms in total. The molecule has 1 rings (SSSR count). The van der Waals surface area contributed by atoms with Gasteiger partial charge in [0.05, 0.1) is 17.4 Å². The van der Waals surface area contributed by atoms with Crippen molar-refractivity contribution in [2.75, 3.05) is 18.1 Å². The number of nitrogens with one attached hydrogen (secondary N) is 1. The van der Waals surface area contributed by atoms with Gasteiger partial charge in [-0.15, -0.1) is 0 Å². The van der Waals surface area contributed by atoms with Crippen molar-refractivity contribution >= 4 is 21.7 Å². The van der Waals surface area contributed by atoms with E-state index in [1.165, 1.54) is 0 Å². The summed E-state index contributed by atoms with van der Waals surface area (Å²) in [6.45, 7) is 3.66. The quantitative estimate of drug-likeness (QED) is 0.732. The Balaban J connectivity index is 2.38. The van der Waals surface area contributed by atoms with E-state index in [0.717, 1.165) is 0 Å². The number of aliphatic carboxylic acids is 1. The second-order valence-corrected chi connectivity index (χ2v) is 7.69. The lowest BCUT2D eigenvalue weighted by molar-refractivity contribution is -0.143. The molecule has 0 aromatic heterocycles. The van der Waals surface area contributed by atoms with Crippen molar-refractivity contribution < 1.29 is 23.1 Å². The van der Waals surface area contributed by atoms with E-state index >= 15 is 0 Å². The molecule has 1 heterocycles. The van der Waals surface area contributed by atoms with Crippen molar-refractivity contribution in [1.82, 2.24) is 5.32 Å². The molecule has 2 atom stereocenters. The van der Waals surface area contributed by atoms with Crippen LogP contribution >= 0.6 is 0 Å². The Labute approximate surface area is 113 Å². The first-order valence-corrected chi connectivity index (χ1v) is 8.23. The van der Waals surface area contributed by atoms with Crippen LogP contribution in [0.5, 0.6) is 0 Å². The Hall–Kier alpha value is -1.11. The first-order chi connectivity index (χ1) is 8.71. The van der Waals surface area contributed by atoms with Crippen molar-refractivity contribution in [3.63, 3.8) is 0 Å². The number of carbonyl (C=O) groups is 2. The van der Waals surface area contributed by atoms with Gasteiger partial charge >= 0.3 is 5.97 Å². The predicted octanol–water partition coefficient (Wildman–Crippen LogP) is 0.284. The van der Waals surface area contributed by atoms with Crippen molar-refractivity contribution in [1.29, 1.82) is 0 Å². The third-order valence-electron chi connectivity index (χ3n) is 3.44. The van der Waals surface area contributed by atoms with Gasteiger partial charge in [0.1, 0.15) is 0 Å². The van der Waals surface area contributed by atoms with Crippen molar-refractivity contribution in [2.24, 2.45) is 17.8 Å². The van der Waals surface area contributed by atoms with E-state index in [1.807, 2.05) is 0 Å². The van der Waals surface area contributed by atoms with Gasteiger partial charge in [0.25, 0.3) is 0 Å². The molecule has 1 saturated heterocycles. The van der Waals surface area contributed by atoms with Gasteiger partial charge < -0.3 is 10.4 Å². The monoisotopic (exact) mass is 291 g/mol. The summed E-state index contributed by atoms with van der Waals surface area (Å²) in [4.78, 5) is 22.6. The van der Waals surface area contributed by atoms with Gasteiger partial charge in [-0.25, -0.2) is 8.42 Å². The summed E-state index contributed by atoms with van der Waals surface area (Å²) in [5.41, 5.74) is 0. The lowest BCUT2D eigenvalue weighted by Gasteiger charge is -2.17. The molecule has 1 aliphatic rings. The molecule has 0 saturated carbocycles. The molecule has 0 aliphatic carbocycles. The summed E-state index contributed by atoms with van der Waals surface area (Å²) in [6.07, 6.45) is 0.673. The van der Waals surface area contributed by atoms with E-state index in [4.69, 9.17) is 5.11 Å². The number of carbonyl (C=O) groups excluding carboxylic acids is 1. The minimum absolute atomic E-state index is 0.0625. The van der Waals surface area contributed by atoms with Crippen LogP contribution in [0.2, 0.25) is 0 Å². The number of hydrogen-bond donors (Lipinski definition) is 2. The molecule has 0 aromatic carbocycles. The summed E-state index contributed by atoms with van der Waals surface area (Å²) in [6, 6.07) is 0. The number of rotatable bonds is 6. The summed E-state index contributed by atoms with van der Waals surface area (Å²) >= 11 is 0. The molecular weight excluding hydrogens is 270 g/mol. The average molecular weight is 291 g/mol. The minimum Gasteiger partial charge on any atom is -0.481 e. The molecule has 0 radical (unpaired) electrons. The molecule has 1 aliphatic heterocycles. The zero-order valence-corrected chi connectivity index (χ0v) is 12.1. The standard InChI is InChI=1S/C12H21NO5S/c1-8(2)10(12(15)16)6-13-11(14)5-9-3-4-19(17,18)7-9/h8-10H,3-7H2,1-2H3,(H,13,14)(H,15,16). The second-order valence-electron chi connectivity index (χ2n) is 5.47. The van der Waals surface area contributed by atoms with Crippen LogP contribution in [0.15, 0.2) is 0 Å². The summed E-state index contributed by atoms with van der Waals surface area (Å²) in [5, 5.41) is 11.6. The highest BCUT2D eigenvalue weighted by Gasteiger charge is 2.30. The Bertz CT molecular complexity index is 443. The first kappa shape index (κ1) is 15.9. The third kappa shape index (κ3) is 5.18. The van der Waals surface area contributed by atoms with Crippen LogP contribution in [0.1, 0.15) is 26.7 Å². The topological polar surface area (TPSA) is 101 Å². The number of hydrogen-bond acceptors (Lipinski definition) is 4. The normalized spacial score (nSPS) is 23.2. The number of carboxylic acid groups (broad SMARTS) is 1. The zero-order chi connectivity index (χ0) is 14.6. The van der Waals surface area contributed by atoms with Crippen LogP contribution in [0.4, 0.5) is 0 Å². The summed E-state index contributed by atoms with van der Waals surface area (Å²) < 4.78 is 22.5. The fourth-order valence-corrected chi connectivity index (χ4v) is 4.06. The van der Waals surface area contributed by atoms with E-state index < -0.39 is 21.7 Å². The molecule has 2 N–H and O–H groups in total. The summed E-state index contributed by atoms with van der Waals surface area (Å²) in [5.74, 6) is -1.80. The summed E-state index contributed by atoms with van der Waals surface area (Å²) in [7, 11) is -2.97. The highest BCUT2D eigenvalue weighted by molar-refractivity contribution is 7.91. The number of carboxylic acids is 1. The van der Waals surface area contributed by atoms with Gasteiger partial charge in [0.2, 0.25) is 5.91 Å². The van der Waals surface area contributed by atoms with Crippen molar-refractivity contribution in [2.45, 2.75) is 26.7 Å². The molecule has 1 amide bonds. The molecule has 110 valence electrons. The van der Waals surface area contributed by atoms with Crippen LogP contribution < -0.4 is 5.32 Å². The van der Waals surface area contributed by atoms with Gasteiger partial charge in [-0.2, -0.15) is 0 Å². The molecule has 1 fully saturated rings. The van der Waals surface area contributed by atoms with Crippen molar-refractivity contribution in [3.05, 3.63) is 0 Å². The Morgan fingerprint density at radius 2 is 2.00 bits per heavy atom. The highest BCUT2D eigenvalue weighted by Crippen LogP contribution is 2.21. The Morgan fingerprint density at radius 3 is 2.42 bits per heavy atom. The van der Waals surface area contributed by atoms with Crippen LogP contribution in [-0.4, -0.2) is 43.5 Å². The van der Waals surface area contributed by atoms with Gasteiger partial charge in [0.15, 0.2) is 9.84 Å². The minimum atomic E-state index is -2.97. The second kappa shape index (κ2) is 6.36. The molecule has 19 heavy (non-hydrogen) atoms. The highest BCUT2D eigenvalue weighted by atomic mass is 32.2. The Kier molecular flexibility index (Phi) is 5.34. The van der Waals surface area contributed by atoms with Gasteiger partial charge in [-0.05, 0) is 18.3 Å². The van der Waals surface area contributed by atoms with Crippen LogP contribution in [-0.2, 0) is 19.4 Å². The van der Waals surface area contributed by atoms with E-state index in [0.29, 0.717) is 6.42 Å². The molecule has 2 unspecified atom stereocenters. The van der Waals surface area contributed by atoms with E-state index in [9.17, 15) is 18.0 Å². The third-order valence-corrected chi connectivity index (χ3v) is 5.28. The van der Waals surface area contributed by atoms with Crippen LogP contribution in [0, 0.1) is 17.8 Å². The molecule has 7 heteroatoms. The van der Waals surface area contributed by atoms with E-state index in [2.05, 4.69) is 5.32 Å². The Morgan fingerprint density at radius 1 is 1.37 bits per heavy atom. The smallest absolute Gasteiger partial charge is 0.308 e. The maximum Gasteiger partial charge on any atom is 0.308 e. The fraction of sp³-hybridized carbons (Fsp3) is 0.833. The fourth-order valence-electron chi connectivity index (χ4n) is 2.20. The van der Waals surface area contributed by atoms with Crippen LogP contribution in [0.25, 0.3) is 0 Å². The van der Waals surface area contributed by atoms with Crippen LogP contribution in [0.3, 0.4) is 0 Å². The SMILES string of the molecule is CC(C)C(CNC(=O)CC1CCS(=O)(=O)C1)C(=O)O. The van der Waals surface area contributed by atoms with Gasteiger partial charge in [-0.1, -0.05) is 13.8 Å². The molecule has 0 bridgehead atoms. The lowest BCUT2D eigenvalue weighted by Crippen LogP contribution is -2.36. The lowest BCUT2D eigenvalue weighted by atomic mass is 9.96. The van der Waals surface area contributed by atoms with Crippen molar-refractivity contribution in [3.8, 4) is 0 Å². The molecular formula is C12H21NO5S. The maximum atomic E-state index is 11.7. The van der Waals surface area contributed by atoms with Gasteiger partial charge in [0, 0.05) is 13.0 Å². The largest absolute Gasteiger partial charge is 0.481 e. The average Bonchev–Trinajstić information content (AvgIpc) is 2.56. The molecule has 0 spiro atoms. The molecule has 0 aromatic rings. The van der Waals surface area contributed by atoms with E-state index in [-0.39, 0.29) is 42.2 Å². The first-order valence-electron chi connectivity index (χ1n) is 6.41. The zero-order valence-electron chi connectivity index (χ0n) is 11.3. The number of amides is 1. The van der Waals surface area contributed by atoms with Gasteiger partial charge in [-0.3, -0.25) is 9.59 Å².